The van der Waals surface area contributed by atoms with Crippen molar-refractivity contribution >= 4 is 22.1 Å². The van der Waals surface area contributed by atoms with E-state index >= 15 is 0 Å². The van der Waals surface area contributed by atoms with E-state index in [-0.39, 0.29) is 0 Å². The molecule has 1 aliphatic rings. The zero-order valence-corrected chi connectivity index (χ0v) is 17.5. The highest BCUT2D eigenvalue weighted by molar-refractivity contribution is 6.01. The van der Waals surface area contributed by atoms with E-state index in [9.17, 15) is 0 Å². The van der Waals surface area contributed by atoms with Crippen molar-refractivity contribution in [2.75, 3.05) is 19.6 Å². The molecular weight excluding hydrogens is 388 g/mol. The molecule has 8 nitrogen and oxygen atoms in total. The smallest absolute Gasteiger partial charge is 0.139 e. The first-order valence-electron chi connectivity index (χ1n) is 10.9. The van der Waals surface area contributed by atoms with Crippen LogP contribution < -0.4 is 5.32 Å². The number of nitrogens with zero attached hydrogens (tertiary/aromatic N) is 6. The van der Waals surface area contributed by atoms with Gasteiger partial charge in [-0.25, -0.2) is 9.97 Å². The van der Waals surface area contributed by atoms with E-state index in [2.05, 4.69) is 41.9 Å². The summed E-state index contributed by atoms with van der Waals surface area (Å²) in [5.74, 6) is 1.04. The van der Waals surface area contributed by atoms with E-state index in [1.807, 2.05) is 36.8 Å². The van der Waals surface area contributed by atoms with Gasteiger partial charge in [0.15, 0.2) is 0 Å². The van der Waals surface area contributed by atoms with Gasteiger partial charge < -0.3 is 19.8 Å². The van der Waals surface area contributed by atoms with Gasteiger partial charge in [0.1, 0.15) is 17.0 Å². The highest BCUT2D eigenvalue weighted by atomic mass is 15.2. The summed E-state index contributed by atoms with van der Waals surface area (Å²) in [6.07, 6.45) is 8.33. The van der Waals surface area contributed by atoms with Crippen molar-refractivity contribution in [3.63, 3.8) is 0 Å². The molecule has 1 fully saturated rings. The molecule has 0 saturated carbocycles. The first kappa shape index (κ1) is 19.7. The molecule has 0 atom stereocenters. The Balaban J connectivity index is 1.43. The molecule has 5 heterocycles. The van der Waals surface area contributed by atoms with Crippen LogP contribution >= 0.6 is 0 Å². The van der Waals surface area contributed by atoms with Gasteiger partial charge in [-0.2, -0.15) is 5.26 Å². The van der Waals surface area contributed by atoms with Crippen LogP contribution in [0, 0.1) is 11.3 Å². The molecular formula is C23H26N8. The number of imidazole rings is 1. The molecule has 4 aromatic heterocycles. The molecule has 2 N–H and O–H groups in total. The molecule has 8 heteroatoms. The fourth-order valence-electron chi connectivity index (χ4n) is 4.57. The molecule has 4 aromatic rings. The molecule has 0 radical (unpaired) electrons. The van der Waals surface area contributed by atoms with Gasteiger partial charge in [-0.15, -0.1) is 0 Å². The Kier molecular flexibility index (Phi) is 5.61. The minimum atomic E-state index is 0.385. The lowest BCUT2D eigenvalue weighted by Crippen LogP contribution is -2.35. The van der Waals surface area contributed by atoms with Crippen molar-refractivity contribution in [2.24, 2.45) is 0 Å². The zero-order valence-electron chi connectivity index (χ0n) is 17.5. The second kappa shape index (κ2) is 8.84. The maximum Gasteiger partial charge on any atom is 0.139 e. The zero-order chi connectivity index (χ0) is 21.0. The largest absolute Gasteiger partial charge is 0.346 e. The maximum atomic E-state index is 8.89. The van der Waals surface area contributed by atoms with Crippen molar-refractivity contribution in [3.8, 4) is 6.07 Å². The lowest BCUT2D eigenvalue weighted by Gasteiger charge is -2.33. The van der Waals surface area contributed by atoms with Gasteiger partial charge in [-0.05, 0) is 31.0 Å². The summed E-state index contributed by atoms with van der Waals surface area (Å²) in [6.45, 7) is 4.25. The summed E-state index contributed by atoms with van der Waals surface area (Å²) >= 11 is 0. The minimum Gasteiger partial charge on any atom is -0.346 e. The van der Waals surface area contributed by atoms with Crippen LogP contribution in [0.1, 0.15) is 36.8 Å². The highest BCUT2D eigenvalue weighted by Gasteiger charge is 2.25. The number of nitrogens with one attached hydrogen (secondary N) is 2. The third kappa shape index (κ3) is 4.02. The van der Waals surface area contributed by atoms with Crippen LogP contribution in [0.5, 0.6) is 0 Å². The molecule has 1 aliphatic heterocycles. The van der Waals surface area contributed by atoms with E-state index in [1.54, 1.807) is 0 Å². The number of H-pyrrole nitrogens is 1. The van der Waals surface area contributed by atoms with Gasteiger partial charge in [-0.1, -0.05) is 6.07 Å². The van der Waals surface area contributed by atoms with E-state index in [1.165, 1.54) is 0 Å². The fourth-order valence-corrected chi connectivity index (χ4v) is 4.57. The average Bonchev–Trinajstić information content (AvgIpc) is 3.43. The molecule has 0 aromatic carbocycles. The van der Waals surface area contributed by atoms with Crippen molar-refractivity contribution < 1.29 is 0 Å². The summed E-state index contributed by atoms with van der Waals surface area (Å²) in [6, 6.07) is 10.7. The number of nitriles is 1. The minimum absolute atomic E-state index is 0.385. The van der Waals surface area contributed by atoms with Crippen LogP contribution in [0.3, 0.4) is 0 Å². The third-order valence-electron chi connectivity index (χ3n) is 6.08. The molecule has 1 saturated heterocycles. The van der Waals surface area contributed by atoms with Crippen molar-refractivity contribution in [2.45, 2.75) is 38.4 Å². The van der Waals surface area contributed by atoms with E-state index in [0.717, 1.165) is 66.1 Å². The monoisotopic (exact) mass is 414 g/mol. The van der Waals surface area contributed by atoms with Gasteiger partial charge >= 0.3 is 0 Å². The van der Waals surface area contributed by atoms with Crippen molar-refractivity contribution in [1.29, 1.82) is 5.26 Å². The summed E-state index contributed by atoms with van der Waals surface area (Å²) in [5.41, 5.74) is 4.02. The summed E-state index contributed by atoms with van der Waals surface area (Å²) in [7, 11) is 0. The normalized spacial score (nSPS) is 15.6. The lowest BCUT2D eigenvalue weighted by molar-refractivity contribution is 0.190. The lowest BCUT2D eigenvalue weighted by atomic mass is 10.0. The van der Waals surface area contributed by atoms with Crippen molar-refractivity contribution in [1.82, 2.24) is 34.7 Å². The molecule has 0 unspecified atom stereocenters. The summed E-state index contributed by atoms with van der Waals surface area (Å²) < 4.78 is 2.43. The average molecular weight is 415 g/mol. The van der Waals surface area contributed by atoms with Crippen LogP contribution in [0.4, 0.5) is 0 Å². The Hall–Kier alpha value is -3.28. The maximum absolute atomic E-state index is 8.89. The quantitative estimate of drug-likeness (QED) is 0.482. The predicted octanol–water partition coefficient (Wildman–Crippen LogP) is 3.15. The Bertz CT molecular complexity index is 1190. The number of fused-ring (bicyclic) bond motifs is 3. The van der Waals surface area contributed by atoms with Crippen LogP contribution in [0.25, 0.3) is 22.1 Å². The van der Waals surface area contributed by atoms with Gasteiger partial charge in [0.25, 0.3) is 0 Å². The number of aromatic amines is 1. The molecule has 0 aliphatic carbocycles. The van der Waals surface area contributed by atoms with Crippen LogP contribution in [-0.4, -0.2) is 49.0 Å². The molecule has 0 spiro atoms. The molecule has 158 valence electrons. The number of likely N-dealkylation sites (tertiary alicyclic amines) is 1. The summed E-state index contributed by atoms with van der Waals surface area (Å²) in [5, 5.41) is 13.5. The number of pyridine rings is 2. The molecule has 31 heavy (non-hydrogen) atoms. The Labute approximate surface area is 180 Å². The molecule has 0 bridgehead atoms. The van der Waals surface area contributed by atoms with Crippen LogP contribution in [0.2, 0.25) is 0 Å². The number of hydrogen-bond acceptors (Lipinski definition) is 6. The number of hydrogen-bond donors (Lipinski definition) is 2. The van der Waals surface area contributed by atoms with Gasteiger partial charge in [-0.3, -0.25) is 4.98 Å². The topological polar surface area (TPSA) is 98.5 Å². The Morgan fingerprint density at radius 3 is 2.87 bits per heavy atom. The Morgan fingerprint density at radius 1 is 1.16 bits per heavy atom. The third-order valence-corrected chi connectivity index (χ3v) is 6.08. The number of aromatic nitrogens is 5. The number of rotatable bonds is 7. The second-order valence-corrected chi connectivity index (χ2v) is 8.04. The molecule has 0 amide bonds. The summed E-state index contributed by atoms with van der Waals surface area (Å²) in [4.78, 5) is 19.5. The van der Waals surface area contributed by atoms with Gasteiger partial charge in [0.05, 0.1) is 30.0 Å². The fraction of sp³-hybridized carbons (Fsp3) is 0.391. The van der Waals surface area contributed by atoms with Crippen molar-refractivity contribution in [3.05, 3.63) is 54.4 Å². The SMILES string of the molecule is N#CCCN1CCC(n2c(CNCc3ccccn3)nc3cnc4[nH]ccc4c32)CC1. The van der Waals surface area contributed by atoms with E-state index in [4.69, 9.17) is 10.2 Å². The predicted molar refractivity (Wildman–Crippen MR) is 119 cm³/mol. The molecule has 5 rings (SSSR count). The van der Waals surface area contributed by atoms with Crippen LogP contribution in [-0.2, 0) is 13.1 Å². The van der Waals surface area contributed by atoms with E-state index < -0.39 is 0 Å². The first-order chi connectivity index (χ1) is 15.3. The van der Waals surface area contributed by atoms with E-state index in [0.29, 0.717) is 25.6 Å². The second-order valence-electron chi connectivity index (χ2n) is 8.04. The highest BCUT2D eigenvalue weighted by Crippen LogP contribution is 2.32. The first-order valence-corrected chi connectivity index (χ1v) is 10.9. The Morgan fingerprint density at radius 2 is 2.06 bits per heavy atom. The van der Waals surface area contributed by atoms with Crippen LogP contribution in [0.15, 0.2) is 42.9 Å². The van der Waals surface area contributed by atoms with Gasteiger partial charge in [0.2, 0.25) is 0 Å². The number of piperidine rings is 1. The standard InChI is InChI=1S/C23H26N8/c24-8-3-11-30-12-6-18(7-13-30)31-21(16-25-14-17-4-1-2-9-26-17)29-20-15-28-23-19(22(20)31)5-10-27-23/h1-2,4-5,9-10,15,18,25H,3,6-7,11-14,16H2,(H,27,28). The van der Waals surface area contributed by atoms with Gasteiger partial charge in [0, 0.05) is 56.4 Å².